The van der Waals surface area contributed by atoms with Crippen LogP contribution in [0.15, 0.2) is 10.7 Å². The van der Waals surface area contributed by atoms with Gasteiger partial charge in [-0.15, -0.1) is 0 Å². The van der Waals surface area contributed by atoms with E-state index in [-0.39, 0.29) is 0 Å². The van der Waals surface area contributed by atoms with Crippen molar-refractivity contribution in [3.05, 3.63) is 16.4 Å². The normalized spacial score (nSPS) is 24.2. The highest BCUT2D eigenvalue weighted by Crippen LogP contribution is 2.41. The topological polar surface area (TPSA) is 29.9 Å². The van der Waals surface area contributed by atoms with E-state index in [1.807, 2.05) is 6.20 Å². The number of halogens is 1. The third-order valence-electron chi connectivity index (χ3n) is 4.67. The second-order valence-corrected chi connectivity index (χ2v) is 6.83. The zero-order valence-corrected chi connectivity index (χ0v) is 14.6. The van der Waals surface area contributed by atoms with Crippen LogP contribution in [0.4, 0.5) is 0 Å². The summed E-state index contributed by atoms with van der Waals surface area (Å²) in [6, 6.07) is 0.448. The minimum absolute atomic E-state index is 0.448. The van der Waals surface area contributed by atoms with Crippen LogP contribution >= 0.6 is 15.9 Å². The fourth-order valence-corrected chi connectivity index (χ4v) is 4.05. The number of hydrogen-bond donors (Lipinski definition) is 1. The Morgan fingerprint density at radius 3 is 2.80 bits per heavy atom. The van der Waals surface area contributed by atoms with E-state index in [0.717, 1.165) is 29.4 Å². The molecule has 1 aromatic rings. The van der Waals surface area contributed by atoms with E-state index < -0.39 is 0 Å². The molecule has 1 aliphatic carbocycles. The first-order valence-corrected chi connectivity index (χ1v) is 8.95. The monoisotopic (exact) mass is 341 g/mol. The Kier molecular flexibility index (Phi) is 6.09. The third kappa shape index (κ3) is 3.45. The maximum absolute atomic E-state index is 4.50. The van der Waals surface area contributed by atoms with Crippen LogP contribution in [0.5, 0.6) is 0 Å². The average molecular weight is 342 g/mol. The lowest BCUT2D eigenvalue weighted by molar-refractivity contribution is 0.334. The molecule has 1 saturated carbocycles. The van der Waals surface area contributed by atoms with Crippen molar-refractivity contribution >= 4 is 15.9 Å². The zero-order chi connectivity index (χ0) is 14.5. The first-order valence-electron chi connectivity index (χ1n) is 8.15. The molecule has 2 rings (SSSR count). The summed E-state index contributed by atoms with van der Waals surface area (Å²) in [4.78, 5) is 0. The molecule has 4 heteroatoms. The first-order chi connectivity index (χ1) is 9.71. The summed E-state index contributed by atoms with van der Waals surface area (Å²) in [7, 11) is 0. The number of nitrogens with one attached hydrogen (secondary N) is 1. The molecule has 0 spiro atoms. The highest BCUT2D eigenvalue weighted by molar-refractivity contribution is 9.10. The average Bonchev–Trinajstić information content (AvgIpc) is 3.07. The summed E-state index contributed by atoms with van der Waals surface area (Å²) in [5, 5.41) is 8.29. The predicted molar refractivity (Wildman–Crippen MR) is 87.8 cm³/mol. The molecule has 3 unspecified atom stereocenters. The van der Waals surface area contributed by atoms with Gasteiger partial charge in [0.05, 0.1) is 22.4 Å². The SMILES string of the molecule is CCCNC(c1c(Br)cnn1CC)C1CCC(CC)C1. The van der Waals surface area contributed by atoms with Gasteiger partial charge in [-0.1, -0.05) is 26.7 Å². The molecule has 1 aromatic heterocycles. The number of rotatable bonds is 7. The summed E-state index contributed by atoms with van der Waals surface area (Å²) in [5.41, 5.74) is 1.35. The van der Waals surface area contributed by atoms with Crippen molar-refractivity contribution in [3.63, 3.8) is 0 Å². The van der Waals surface area contributed by atoms with Crippen LogP contribution < -0.4 is 5.32 Å². The molecule has 1 fully saturated rings. The van der Waals surface area contributed by atoms with Gasteiger partial charge in [0.25, 0.3) is 0 Å². The van der Waals surface area contributed by atoms with Gasteiger partial charge in [0.1, 0.15) is 0 Å². The summed E-state index contributed by atoms with van der Waals surface area (Å²) in [6.45, 7) is 8.76. The fourth-order valence-electron chi connectivity index (χ4n) is 3.51. The number of aryl methyl sites for hydroxylation is 1. The fraction of sp³-hybridized carbons (Fsp3) is 0.812. The molecule has 0 saturated heterocycles. The maximum atomic E-state index is 4.50. The van der Waals surface area contributed by atoms with Gasteiger partial charge in [-0.2, -0.15) is 5.10 Å². The molecule has 114 valence electrons. The summed E-state index contributed by atoms with van der Waals surface area (Å²) >= 11 is 3.71. The van der Waals surface area contributed by atoms with Crippen LogP contribution in [0.25, 0.3) is 0 Å². The van der Waals surface area contributed by atoms with Crippen LogP contribution in [-0.4, -0.2) is 16.3 Å². The standard InChI is InChI=1S/C16H28BrN3/c1-4-9-18-15(13-8-7-12(5-2)10-13)16-14(17)11-19-20(16)6-3/h11-13,15,18H,4-10H2,1-3H3. The molecule has 0 bridgehead atoms. The zero-order valence-electron chi connectivity index (χ0n) is 13.0. The van der Waals surface area contributed by atoms with Crippen LogP contribution in [0.3, 0.4) is 0 Å². The third-order valence-corrected chi connectivity index (χ3v) is 5.28. The lowest BCUT2D eigenvalue weighted by Crippen LogP contribution is -2.30. The quantitative estimate of drug-likeness (QED) is 0.789. The van der Waals surface area contributed by atoms with Gasteiger partial charge in [0, 0.05) is 6.54 Å². The summed E-state index contributed by atoms with van der Waals surface area (Å²) in [6.07, 6.45) is 8.55. The van der Waals surface area contributed by atoms with Crippen LogP contribution in [-0.2, 0) is 6.54 Å². The lowest BCUT2D eigenvalue weighted by Gasteiger charge is -2.26. The van der Waals surface area contributed by atoms with Gasteiger partial charge in [-0.05, 0) is 60.5 Å². The molecule has 0 radical (unpaired) electrons. The van der Waals surface area contributed by atoms with E-state index in [4.69, 9.17) is 0 Å². The van der Waals surface area contributed by atoms with Gasteiger partial charge >= 0.3 is 0 Å². The Morgan fingerprint density at radius 1 is 1.40 bits per heavy atom. The largest absolute Gasteiger partial charge is 0.308 e. The Labute approximate surface area is 131 Å². The van der Waals surface area contributed by atoms with Gasteiger partial charge < -0.3 is 5.32 Å². The molecule has 0 aliphatic heterocycles. The van der Waals surface area contributed by atoms with Gasteiger partial charge in [-0.25, -0.2) is 0 Å². The Bertz CT molecular complexity index is 416. The van der Waals surface area contributed by atoms with Crippen molar-refractivity contribution in [2.24, 2.45) is 11.8 Å². The molecule has 20 heavy (non-hydrogen) atoms. The van der Waals surface area contributed by atoms with E-state index in [9.17, 15) is 0 Å². The minimum Gasteiger partial charge on any atom is -0.308 e. The molecule has 3 nitrogen and oxygen atoms in total. The van der Waals surface area contributed by atoms with Gasteiger partial charge in [-0.3, -0.25) is 4.68 Å². The van der Waals surface area contributed by atoms with Gasteiger partial charge in [0.2, 0.25) is 0 Å². The minimum atomic E-state index is 0.448. The molecule has 1 N–H and O–H groups in total. The van der Waals surface area contributed by atoms with E-state index in [1.54, 1.807) is 0 Å². The van der Waals surface area contributed by atoms with E-state index in [0.29, 0.717) is 6.04 Å². The van der Waals surface area contributed by atoms with E-state index >= 15 is 0 Å². The number of hydrogen-bond acceptors (Lipinski definition) is 2. The van der Waals surface area contributed by atoms with Crippen LogP contribution in [0.1, 0.15) is 64.6 Å². The molecular weight excluding hydrogens is 314 g/mol. The van der Waals surface area contributed by atoms with Crippen molar-refractivity contribution in [1.82, 2.24) is 15.1 Å². The van der Waals surface area contributed by atoms with Crippen molar-refractivity contribution in [3.8, 4) is 0 Å². The smallest absolute Gasteiger partial charge is 0.0698 e. The Morgan fingerprint density at radius 2 is 2.20 bits per heavy atom. The van der Waals surface area contributed by atoms with E-state index in [2.05, 4.69) is 51.8 Å². The molecule has 0 amide bonds. The molecule has 3 atom stereocenters. The van der Waals surface area contributed by atoms with Gasteiger partial charge in [0.15, 0.2) is 0 Å². The summed E-state index contributed by atoms with van der Waals surface area (Å²) < 4.78 is 3.31. The summed E-state index contributed by atoms with van der Waals surface area (Å²) in [5.74, 6) is 1.67. The number of aromatic nitrogens is 2. The van der Waals surface area contributed by atoms with Crippen molar-refractivity contribution in [2.45, 2.75) is 65.5 Å². The highest BCUT2D eigenvalue weighted by atomic mass is 79.9. The van der Waals surface area contributed by atoms with E-state index in [1.165, 1.54) is 37.8 Å². The molecular formula is C16H28BrN3. The maximum Gasteiger partial charge on any atom is 0.0698 e. The first kappa shape index (κ1) is 16.0. The van der Waals surface area contributed by atoms with Crippen molar-refractivity contribution < 1.29 is 0 Å². The number of nitrogens with zero attached hydrogens (tertiary/aromatic N) is 2. The molecule has 1 aliphatic rings. The van der Waals surface area contributed by atoms with Crippen LogP contribution in [0, 0.1) is 11.8 Å². The Hall–Kier alpha value is -0.350. The van der Waals surface area contributed by atoms with Crippen molar-refractivity contribution in [2.75, 3.05) is 6.54 Å². The van der Waals surface area contributed by atoms with Crippen LogP contribution in [0.2, 0.25) is 0 Å². The Balaban J connectivity index is 2.20. The highest BCUT2D eigenvalue weighted by Gasteiger charge is 2.33. The van der Waals surface area contributed by atoms with Crippen molar-refractivity contribution in [1.29, 1.82) is 0 Å². The predicted octanol–water partition coefficient (Wildman–Crippen LogP) is 4.53. The second-order valence-electron chi connectivity index (χ2n) is 5.97. The second kappa shape index (κ2) is 7.60. The molecule has 1 heterocycles. The lowest BCUT2D eigenvalue weighted by atomic mass is 9.93. The molecule has 0 aromatic carbocycles.